The molecule has 1 aromatic carbocycles. The molecule has 1 N–H and O–H groups in total. The van der Waals surface area contributed by atoms with E-state index in [2.05, 4.69) is 10.5 Å². The van der Waals surface area contributed by atoms with Crippen molar-refractivity contribution in [1.29, 1.82) is 0 Å². The largest absolute Gasteiger partial charge is 0.360 e. The Morgan fingerprint density at radius 1 is 1.19 bits per heavy atom. The first-order chi connectivity index (χ1) is 10.1. The minimum absolute atomic E-state index is 0.0771. The maximum atomic E-state index is 13.6. The number of aryl methyl sites for hydroxylation is 1. The maximum Gasteiger partial charge on any atom is 0.278 e. The lowest BCUT2D eigenvalue weighted by Crippen LogP contribution is -2.15. The molecule has 0 aliphatic heterocycles. The number of halogens is 2. The molecule has 6 heteroatoms. The van der Waals surface area contributed by atoms with Crippen molar-refractivity contribution in [3.05, 3.63) is 46.9 Å². The first-order valence-corrected chi connectivity index (χ1v) is 6.89. The molecule has 1 amide bonds. The number of carbonyl (C=O) groups is 1. The normalized spacial score (nSPS) is 14.4. The zero-order valence-electron chi connectivity index (χ0n) is 11.3. The number of aromatic nitrogens is 1. The van der Waals surface area contributed by atoms with E-state index in [0.717, 1.165) is 55.6 Å². The van der Waals surface area contributed by atoms with Gasteiger partial charge in [-0.05, 0) is 31.4 Å². The van der Waals surface area contributed by atoms with Crippen LogP contribution in [-0.4, -0.2) is 11.1 Å². The fourth-order valence-electron chi connectivity index (χ4n) is 2.51. The SMILES string of the molecule is O=C(Nc1ccc(F)cc1F)c1noc2c1CCCCC2. The highest BCUT2D eigenvalue weighted by Crippen LogP contribution is 2.24. The van der Waals surface area contributed by atoms with Gasteiger partial charge in [0.1, 0.15) is 17.4 Å². The summed E-state index contributed by atoms with van der Waals surface area (Å²) in [5.74, 6) is -1.32. The minimum atomic E-state index is -0.821. The van der Waals surface area contributed by atoms with Crippen molar-refractivity contribution in [2.45, 2.75) is 32.1 Å². The summed E-state index contributed by atoms with van der Waals surface area (Å²) >= 11 is 0. The molecular formula is C15H14F2N2O2. The average Bonchev–Trinajstić information content (AvgIpc) is 2.71. The van der Waals surface area contributed by atoms with Crippen LogP contribution in [0, 0.1) is 11.6 Å². The molecule has 110 valence electrons. The summed E-state index contributed by atoms with van der Waals surface area (Å²) in [5.41, 5.74) is 0.912. The standard InChI is InChI=1S/C15H14F2N2O2/c16-9-6-7-12(11(17)8-9)18-15(20)14-10-4-2-1-3-5-13(10)21-19-14/h6-8H,1-5H2,(H,18,20). The summed E-state index contributed by atoms with van der Waals surface area (Å²) in [6.45, 7) is 0. The Morgan fingerprint density at radius 2 is 2.00 bits per heavy atom. The highest BCUT2D eigenvalue weighted by Gasteiger charge is 2.23. The fourth-order valence-corrected chi connectivity index (χ4v) is 2.51. The fraction of sp³-hybridized carbons (Fsp3) is 0.333. The molecule has 3 rings (SSSR count). The van der Waals surface area contributed by atoms with Crippen molar-refractivity contribution >= 4 is 11.6 Å². The van der Waals surface area contributed by atoms with Crippen LogP contribution in [0.15, 0.2) is 22.7 Å². The summed E-state index contributed by atoms with van der Waals surface area (Å²) < 4.78 is 31.6. The molecule has 2 aromatic rings. The lowest BCUT2D eigenvalue weighted by atomic mass is 10.1. The second-order valence-corrected chi connectivity index (χ2v) is 5.07. The highest BCUT2D eigenvalue weighted by molar-refractivity contribution is 6.04. The first kappa shape index (κ1) is 13.7. The van der Waals surface area contributed by atoms with Gasteiger partial charge in [-0.2, -0.15) is 0 Å². The number of nitrogens with zero attached hydrogens (tertiary/aromatic N) is 1. The Hall–Kier alpha value is -2.24. The van der Waals surface area contributed by atoms with Crippen LogP contribution in [0.5, 0.6) is 0 Å². The van der Waals surface area contributed by atoms with Gasteiger partial charge in [0.25, 0.3) is 5.91 Å². The molecule has 4 nitrogen and oxygen atoms in total. The van der Waals surface area contributed by atoms with Gasteiger partial charge in [-0.1, -0.05) is 11.6 Å². The topological polar surface area (TPSA) is 55.1 Å². The second kappa shape index (κ2) is 5.63. The Kier molecular flexibility index (Phi) is 3.68. The molecule has 0 saturated heterocycles. The molecule has 0 saturated carbocycles. The number of rotatable bonds is 2. The Balaban J connectivity index is 1.84. The van der Waals surface area contributed by atoms with E-state index in [9.17, 15) is 13.6 Å². The Morgan fingerprint density at radius 3 is 2.81 bits per heavy atom. The zero-order chi connectivity index (χ0) is 14.8. The van der Waals surface area contributed by atoms with Crippen molar-refractivity contribution in [3.8, 4) is 0 Å². The van der Waals surface area contributed by atoms with E-state index in [4.69, 9.17) is 4.52 Å². The van der Waals surface area contributed by atoms with Crippen LogP contribution in [-0.2, 0) is 12.8 Å². The molecule has 1 heterocycles. The number of hydrogen-bond donors (Lipinski definition) is 1. The Bertz CT molecular complexity index is 682. The van der Waals surface area contributed by atoms with Crippen molar-refractivity contribution in [1.82, 2.24) is 5.16 Å². The van der Waals surface area contributed by atoms with Gasteiger partial charge in [-0.15, -0.1) is 0 Å². The van der Waals surface area contributed by atoms with Gasteiger partial charge < -0.3 is 9.84 Å². The second-order valence-electron chi connectivity index (χ2n) is 5.07. The highest BCUT2D eigenvalue weighted by atomic mass is 19.1. The summed E-state index contributed by atoms with van der Waals surface area (Å²) in [4.78, 5) is 12.2. The number of amides is 1. The molecule has 1 aliphatic rings. The predicted octanol–water partition coefficient (Wildman–Crippen LogP) is 3.47. The lowest BCUT2D eigenvalue weighted by molar-refractivity contribution is 0.101. The first-order valence-electron chi connectivity index (χ1n) is 6.89. The maximum absolute atomic E-state index is 13.6. The van der Waals surface area contributed by atoms with Crippen LogP contribution < -0.4 is 5.32 Å². The molecule has 0 radical (unpaired) electrons. The zero-order valence-corrected chi connectivity index (χ0v) is 11.3. The van der Waals surface area contributed by atoms with E-state index >= 15 is 0 Å². The van der Waals surface area contributed by atoms with Gasteiger partial charge in [-0.25, -0.2) is 8.78 Å². The van der Waals surface area contributed by atoms with E-state index in [-0.39, 0.29) is 11.4 Å². The quantitative estimate of drug-likeness (QED) is 0.862. The van der Waals surface area contributed by atoms with Crippen LogP contribution in [0.3, 0.4) is 0 Å². The van der Waals surface area contributed by atoms with Crippen molar-refractivity contribution in [2.24, 2.45) is 0 Å². The van der Waals surface area contributed by atoms with Crippen molar-refractivity contribution < 1.29 is 18.1 Å². The smallest absolute Gasteiger partial charge is 0.278 e. The third kappa shape index (κ3) is 2.79. The predicted molar refractivity (Wildman–Crippen MR) is 72.1 cm³/mol. The van der Waals surface area contributed by atoms with Crippen LogP contribution in [0.25, 0.3) is 0 Å². The number of anilines is 1. The van der Waals surface area contributed by atoms with Crippen LogP contribution in [0.2, 0.25) is 0 Å². The molecule has 0 atom stereocenters. The van der Waals surface area contributed by atoms with Crippen LogP contribution in [0.1, 0.15) is 41.1 Å². The van der Waals surface area contributed by atoms with Gasteiger partial charge >= 0.3 is 0 Å². The minimum Gasteiger partial charge on any atom is -0.360 e. The molecule has 1 aromatic heterocycles. The molecule has 1 aliphatic carbocycles. The molecule has 0 fully saturated rings. The number of fused-ring (bicyclic) bond motifs is 1. The number of carbonyl (C=O) groups excluding carboxylic acids is 1. The average molecular weight is 292 g/mol. The van der Waals surface area contributed by atoms with E-state index in [1.165, 1.54) is 6.07 Å². The summed E-state index contributed by atoms with van der Waals surface area (Å²) in [7, 11) is 0. The van der Waals surface area contributed by atoms with Gasteiger partial charge in [0.05, 0.1) is 5.69 Å². The Labute approximate surface area is 120 Å². The van der Waals surface area contributed by atoms with Crippen molar-refractivity contribution in [3.63, 3.8) is 0 Å². The molecule has 0 spiro atoms. The molecular weight excluding hydrogens is 278 g/mol. The number of hydrogen-bond acceptors (Lipinski definition) is 3. The van der Waals surface area contributed by atoms with E-state index in [1.807, 2.05) is 0 Å². The van der Waals surface area contributed by atoms with Crippen molar-refractivity contribution in [2.75, 3.05) is 5.32 Å². The van der Waals surface area contributed by atoms with Gasteiger partial charge in [0.15, 0.2) is 5.69 Å². The summed E-state index contributed by atoms with van der Waals surface area (Å²) in [6, 6.07) is 2.99. The van der Waals surface area contributed by atoms with Crippen LogP contribution >= 0.6 is 0 Å². The summed E-state index contributed by atoms with van der Waals surface area (Å²) in [6.07, 6.45) is 4.56. The third-order valence-corrected chi connectivity index (χ3v) is 3.59. The monoisotopic (exact) mass is 292 g/mol. The van der Waals surface area contributed by atoms with Gasteiger partial charge in [0, 0.05) is 18.1 Å². The van der Waals surface area contributed by atoms with Gasteiger partial charge in [0.2, 0.25) is 0 Å². The number of benzene rings is 1. The van der Waals surface area contributed by atoms with Gasteiger partial charge in [-0.3, -0.25) is 4.79 Å². The summed E-state index contributed by atoms with van der Waals surface area (Å²) in [5, 5.41) is 6.21. The van der Waals surface area contributed by atoms with E-state index in [1.54, 1.807) is 0 Å². The third-order valence-electron chi connectivity index (χ3n) is 3.59. The molecule has 21 heavy (non-hydrogen) atoms. The van der Waals surface area contributed by atoms with Crippen LogP contribution in [0.4, 0.5) is 14.5 Å². The van der Waals surface area contributed by atoms with E-state index < -0.39 is 17.5 Å². The number of nitrogens with one attached hydrogen (secondary N) is 1. The molecule has 0 bridgehead atoms. The lowest BCUT2D eigenvalue weighted by Gasteiger charge is -2.05. The molecule has 0 unspecified atom stereocenters. The van der Waals surface area contributed by atoms with E-state index in [0.29, 0.717) is 0 Å².